The van der Waals surface area contributed by atoms with Crippen LogP contribution in [0.3, 0.4) is 0 Å². The Morgan fingerprint density at radius 1 is 1.03 bits per heavy atom. The van der Waals surface area contributed by atoms with Gasteiger partial charge in [-0.1, -0.05) is 23.7 Å². The summed E-state index contributed by atoms with van der Waals surface area (Å²) in [6.45, 7) is 0.134. The van der Waals surface area contributed by atoms with Crippen molar-refractivity contribution in [3.05, 3.63) is 100 Å². The lowest BCUT2D eigenvalue weighted by Crippen LogP contribution is -2.46. The lowest BCUT2D eigenvalue weighted by Gasteiger charge is -2.28. The molecule has 3 aromatic carbocycles. The molecular weight excluding hydrogens is 487 g/mol. The zero-order chi connectivity index (χ0) is 25.8. The third-order valence-electron chi connectivity index (χ3n) is 5.93. The van der Waals surface area contributed by atoms with E-state index in [-0.39, 0.29) is 29.8 Å². The number of ether oxygens (including phenoxy) is 1. The molecule has 0 bridgehead atoms. The van der Waals surface area contributed by atoms with Gasteiger partial charge < -0.3 is 9.64 Å². The number of rotatable bonds is 7. The van der Waals surface area contributed by atoms with Gasteiger partial charge in [0.2, 0.25) is 5.91 Å². The smallest absolute Gasteiger partial charge is 0.337 e. The van der Waals surface area contributed by atoms with Crippen molar-refractivity contribution in [1.82, 2.24) is 4.90 Å². The minimum absolute atomic E-state index is 0.134. The fourth-order valence-corrected chi connectivity index (χ4v) is 4.31. The highest BCUT2D eigenvalue weighted by atomic mass is 35.5. The fraction of sp³-hybridized carbons (Fsp3) is 0.185. The second-order valence-electron chi connectivity index (χ2n) is 8.21. The number of carbonyl (C=O) groups excluding carboxylic acids is 4. The molecular formula is C27H22ClFN2O5. The summed E-state index contributed by atoms with van der Waals surface area (Å²) in [5.41, 5.74) is 1.60. The van der Waals surface area contributed by atoms with Crippen LogP contribution < -0.4 is 4.90 Å². The number of hydrogen-bond donors (Lipinski definition) is 0. The number of amides is 3. The van der Waals surface area contributed by atoms with Crippen molar-refractivity contribution in [2.24, 2.45) is 0 Å². The predicted octanol–water partition coefficient (Wildman–Crippen LogP) is 4.28. The topological polar surface area (TPSA) is 84.0 Å². The van der Waals surface area contributed by atoms with Crippen molar-refractivity contribution >= 4 is 41.0 Å². The molecule has 1 unspecified atom stereocenters. The van der Waals surface area contributed by atoms with Crippen LogP contribution in [0.1, 0.15) is 32.7 Å². The van der Waals surface area contributed by atoms with Crippen molar-refractivity contribution in [2.45, 2.75) is 18.9 Å². The minimum atomic E-state index is -1.05. The molecule has 36 heavy (non-hydrogen) atoms. The third-order valence-corrected chi connectivity index (χ3v) is 6.16. The molecule has 9 heteroatoms. The van der Waals surface area contributed by atoms with Crippen molar-refractivity contribution in [3.8, 4) is 0 Å². The van der Waals surface area contributed by atoms with E-state index in [1.807, 2.05) is 6.07 Å². The molecule has 3 amide bonds. The molecule has 1 fully saturated rings. The Morgan fingerprint density at radius 3 is 2.33 bits per heavy atom. The van der Waals surface area contributed by atoms with Gasteiger partial charge >= 0.3 is 5.97 Å². The average Bonchev–Trinajstić information content (AvgIpc) is 3.17. The van der Waals surface area contributed by atoms with E-state index in [9.17, 15) is 23.6 Å². The van der Waals surface area contributed by atoms with Crippen LogP contribution in [-0.2, 0) is 20.7 Å². The van der Waals surface area contributed by atoms with Crippen molar-refractivity contribution in [1.29, 1.82) is 0 Å². The van der Waals surface area contributed by atoms with Gasteiger partial charge in [0.25, 0.3) is 11.8 Å². The molecule has 0 spiro atoms. The number of nitrogens with zero attached hydrogens (tertiary/aromatic N) is 2. The summed E-state index contributed by atoms with van der Waals surface area (Å²) in [6, 6.07) is 17.0. The van der Waals surface area contributed by atoms with E-state index >= 15 is 0 Å². The number of halogens is 2. The first-order chi connectivity index (χ1) is 17.3. The van der Waals surface area contributed by atoms with Crippen LogP contribution in [0.4, 0.5) is 10.1 Å². The Kier molecular flexibility index (Phi) is 7.45. The summed E-state index contributed by atoms with van der Waals surface area (Å²) in [5.74, 6) is -2.57. The highest BCUT2D eigenvalue weighted by Gasteiger charge is 2.44. The van der Waals surface area contributed by atoms with E-state index in [4.69, 9.17) is 11.6 Å². The molecule has 1 atom stereocenters. The van der Waals surface area contributed by atoms with Gasteiger partial charge in [-0.25, -0.2) is 14.1 Å². The van der Waals surface area contributed by atoms with Gasteiger partial charge in [-0.15, -0.1) is 0 Å². The van der Waals surface area contributed by atoms with Gasteiger partial charge in [-0.2, -0.15) is 0 Å². The monoisotopic (exact) mass is 508 g/mol. The molecule has 1 saturated heterocycles. The normalized spacial score (nSPS) is 15.2. The number of benzene rings is 3. The minimum Gasteiger partial charge on any atom is -0.465 e. The van der Waals surface area contributed by atoms with E-state index < -0.39 is 35.5 Å². The number of carbonyl (C=O) groups is 4. The predicted molar refractivity (Wildman–Crippen MR) is 131 cm³/mol. The summed E-state index contributed by atoms with van der Waals surface area (Å²) >= 11 is 6.08. The Hall–Kier alpha value is -4.04. The van der Waals surface area contributed by atoms with E-state index in [0.29, 0.717) is 11.4 Å². The molecule has 4 rings (SSSR count). The number of esters is 1. The highest BCUT2D eigenvalue weighted by Crippen LogP contribution is 2.27. The highest BCUT2D eigenvalue weighted by molar-refractivity contribution is 6.30. The summed E-state index contributed by atoms with van der Waals surface area (Å²) in [6.07, 6.45) is 0.180. The largest absolute Gasteiger partial charge is 0.465 e. The standard InChI is InChI=1S/C27H22ClFN2O5/c1-36-27(35)19-7-11-22(12-8-19)31-24(32)16-23(26(31)34)30(14-13-17-3-2-4-20(28)15-17)25(33)18-5-9-21(29)10-6-18/h2-12,15,23H,13-14,16H2,1H3. The quantitative estimate of drug-likeness (QED) is 0.351. The second-order valence-corrected chi connectivity index (χ2v) is 8.65. The van der Waals surface area contributed by atoms with Crippen LogP contribution in [0.5, 0.6) is 0 Å². The van der Waals surface area contributed by atoms with E-state index in [0.717, 1.165) is 10.5 Å². The van der Waals surface area contributed by atoms with Gasteiger partial charge in [0.15, 0.2) is 0 Å². The van der Waals surface area contributed by atoms with Gasteiger partial charge in [-0.05, 0) is 72.6 Å². The van der Waals surface area contributed by atoms with Crippen LogP contribution in [0.15, 0.2) is 72.8 Å². The summed E-state index contributed by atoms with van der Waals surface area (Å²) in [5, 5.41) is 0.539. The molecule has 184 valence electrons. The third kappa shape index (κ3) is 5.28. The molecule has 0 N–H and O–H groups in total. The van der Waals surface area contributed by atoms with Gasteiger partial charge in [0, 0.05) is 17.1 Å². The number of anilines is 1. The number of hydrogen-bond acceptors (Lipinski definition) is 5. The Labute approximate surface area is 212 Å². The van der Waals surface area contributed by atoms with E-state index in [2.05, 4.69) is 4.74 Å². The van der Waals surface area contributed by atoms with Crippen molar-refractivity contribution in [3.63, 3.8) is 0 Å². The van der Waals surface area contributed by atoms with Crippen LogP contribution in [0.2, 0.25) is 5.02 Å². The molecule has 0 aromatic heterocycles. The van der Waals surface area contributed by atoms with Gasteiger partial charge in [0.05, 0.1) is 24.8 Å². The lowest BCUT2D eigenvalue weighted by molar-refractivity contribution is -0.122. The number of methoxy groups -OCH3 is 1. The first-order valence-electron chi connectivity index (χ1n) is 11.1. The summed E-state index contributed by atoms with van der Waals surface area (Å²) < 4.78 is 18.1. The molecule has 0 aliphatic carbocycles. The molecule has 0 saturated carbocycles. The summed E-state index contributed by atoms with van der Waals surface area (Å²) in [4.78, 5) is 53.8. The van der Waals surface area contributed by atoms with Crippen LogP contribution in [0.25, 0.3) is 0 Å². The molecule has 1 aliphatic heterocycles. The SMILES string of the molecule is COC(=O)c1ccc(N2C(=O)CC(N(CCc3cccc(Cl)c3)C(=O)c3ccc(F)cc3)C2=O)cc1. The Bertz CT molecular complexity index is 1310. The van der Waals surface area contributed by atoms with Crippen molar-refractivity contribution < 1.29 is 28.3 Å². The number of imide groups is 1. The zero-order valence-corrected chi connectivity index (χ0v) is 20.1. The summed E-state index contributed by atoms with van der Waals surface area (Å²) in [7, 11) is 1.25. The second kappa shape index (κ2) is 10.7. The van der Waals surface area contributed by atoms with E-state index in [1.165, 1.54) is 60.5 Å². The van der Waals surface area contributed by atoms with Crippen LogP contribution in [-0.4, -0.2) is 48.3 Å². The Balaban J connectivity index is 1.62. The molecule has 1 heterocycles. The van der Waals surface area contributed by atoms with Crippen LogP contribution in [0, 0.1) is 5.82 Å². The molecule has 7 nitrogen and oxygen atoms in total. The zero-order valence-electron chi connectivity index (χ0n) is 19.3. The maximum absolute atomic E-state index is 13.4. The van der Waals surface area contributed by atoms with Crippen LogP contribution >= 0.6 is 11.6 Å². The Morgan fingerprint density at radius 2 is 1.69 bits per heavy atom. The first-order valence-corrected chi connectivity index (χ1v) is 11.5. The maximum Gasteiger partial charge on any atom is 0.337 e. The molecule has 3 aromatic rings. The first kappa shape index (κ1) is 25.1. The molecule has 1 aliphatic rings. The lowest BCUT2D eigenvalue weighted by atomic mass is 10.1. The maximum atomic E-state index is 13.4. The fourth-order valence-electron chi connectivity index (χ4n) is 4.09. The molecule has 0 radical (unpaired) electrons. The van der Waals surface area contributed by atoms with E-state index in [1.54, 1.807) is 18.2 Å². The average molecular weight is 509 g/mol. The van der Waals surface area contributed by atoms with Gasteiger partial charge in [-0.3, -0.25) is 14.4 Å². The van der Waals surface area contributed by atoms with Crippen molar-refractivity contribution in [2.75, 3.05) is 18.6 Å². The van der Waals surface area contributed by atoms with Gasteiger partial charge in [0.1, 0.15) is 11.9 Å².